The van der Waals surface area contributed by atoms with Crippen LogP contribution in [0.15, 0.2) is 35.3 Å². The van der Waals surface area contributed by atoms with Crippen molar-refractivity contribution in [3.05, 3.63) is 47.5 Å². The van der Waals surface area contributed by atoms with E-state index in [2.05, 4.69) is 65.0 Å². The number of rotatable bonds is 6. The molecule has 1 aromatic heterocycles. The van der Waals surface area contributed by atoms with Gasteiger partial charge in [-0.1, -0.05) is 63.4 Å². The summed E-state index contributed by atoms with van der Waals surface area (Å²) in [6.07, 6.45) is 6.36. The number of hydrogen-bond acceptors (Lipinski definition) is 3. The molecule has 0 aliphatic heterocycles. The highest BCUT2D eigenvalue weighted by molar-refractivity contribution is 14.0. The largest absolute Gasteiger partial charge is 0.356 e. The lowest BCUT2D eigenvalue weighted by molar-refractivity contribution is 0.407. The zero-order valence-corrected chi connectivity index (χ0v) is 20.4. The Kier molecular flexibility index (Phi) is 8.92. The fourth-order valence-corrected chi connectivity index (χ4v) is 3.63. The van der Waals surface area contributed by atoms with Gasteiger partial charge in [0, 0.05) is 25.0 Å². The number of guanidine groups is 1. The van der Waals surface area contributed by atoms with Crippen molar-refractivity contribution in [2.45, 2.75) is 70.9 Å². The first-order valence-corrected chi connectivity index (χ1v) is 10.4. The summed E-state index contributed by atoms with van der Waals surface area (Å²) in [5.41, 5.74) is 1.33. The zero-order chi connectivity index (χ0) is 20.0. The molecule has 1 aliphatic carbocycles. The summed E-state index contributed by atoms with van der Waals surface area (Å²) in [7, 11) is 1.99. The Morgan fingerprint density at radius 1 is 1.14 bits per heavy atom. The van der Waals surface area contributed by atoms with Gasteiger partial charge in [0.25, 0.3) is 0 Å². The molecule has 1 saturated carbocycles. The lowest BCUT2D eigenvalue weighted by Crippen LogP contribution is -2.47. The molecule has 6 nitrogen and oxygen atoms in total. The van der Waals surface area contributed by atoms with Gasteiger partial charge in [-0.25, -0.2) is 4.99 Å². The second-order valence-electron chi connectivity index (χ2n) is 8.47. The Bertz CT molecular complexity index is 778. The summed E-state index contributed by atoms with van der Waals surface area (Å²) in [4.78, 5) is 4.83. The maximum atomic E-state index is 4.83. The van der Waals surface area contributed by atoms with E-state index in [0.29, 0.717) is 12.6 Å². The van der Waals surface area contributed by atoms with E-state index in [4.69, 9.17) is 4.99 Å². The van der Waals surface area contributed by atoms with Crippen LogP contribution in [-0.2, 0) is 19.0 Å². The van der Waals surface area contributed by atoms with Crippen LogP contribution >= 0.6 is 24.0 Å². The molecule has 3 rings (SSSR count). The molecular weight excluding hydrogens is 475 g/mol. The molecule has 7 heteroatoms. The third kappa shape index (κ3) is 6.69. The van der Waals surface area contributed by atoms with E-state index in [1.54, 1.807) is 0 Å². The van der Waals surface area contributed by atoms with Crippen molar-refractivity contribution in [3.8, 4) is 0 Å². The predicted octanol–water partition coefficient (Wildman–Crippen LogP) is 4.09. The first-order chi connectivity index (χ1) is 13.5. The van der Waals surface area contributed by atoms with Crippen molar-refractivity contribution in [2.75, 3.05) is 6.54 Å². The van der Waals surface area contributed by atoms with E-state index in [1.807, 2.05) is 18.5 Å². The lowest BCUT2D eigenvalue weighted by atomic mass is 9.85. The van der Waals surface area contributed by atoms with Crippen LogP contribution < -0.4 is 10.6 Å². The molecule has 1 aromatic carbocycles. The van der Waals surface area contributed by atoms with Crippen LogP contribution in [-0.4, -0.2) is 33.3 Å². The fraction of sp³-hybridized carbons (Fsp3) is 0.591. The summed E-state index contributed by atoms with van der Waals surface area (Å²) in [6, 6.07) is 11.1. The van der Waals surface area contributed by atoms with Crippen LogP contribution in [0.3, 0.4) is 0 Å². The Morgan fingerprint density at radius 3 is 2.45 bits per heavy atom. The van der Waals surface area contributed by atoms with Crippen molar-refractivity contribution in [2.24, 2.45) is 12.0 Å². The third-order valence-corrected chi connectivity index (χ3v) is 5.76. The number of aromatic nitrogens is 3. The highest BCUT2D eigenvalue weighted by Gasteiger charge is 2.22. The fourth-order valence-electron chi connectivity index (χ4n) is 3.63. The van der Waals surface area contributed by atoms with Crippen LogP contribution in [0.2, 0.25) is 0 Å². The van der Waals surface area contributed by atoms with Crippen LogP contribution in [0, 0.1) is 6.92 Å². The molecule has 0 atom stereocenters. The Balaban J connectivity index is 0.00000300. The van der Waals surface area contributed by atoms with Gasteiger partial charge in [-0.2, -0.15) is 0 Å². The van der Waals surface area contributed by atoms with Gasteiger partial charge in [0.15, 0.2) is 11.8 Å². The topological polar surface area (TPSA) is 67.1 Å². The molecule has 29 heavy (non-hydrogen) atoms. The van der Waals surface area contributed by atoms with Crippen LogP contribution in [0.25, 0.3) is 0 Å². The molecule has 0 bridgehead atoms. The standard InChI is InChI=1S/C22H34N6.HI/c1-17-26-27-20(28(17)4)15-23-21(25-19-13-9-6-10-14-19)24-16-22(2,3)18-11-7-5-8-12-18;/h5,7-8,11-12,19H,6,9-10,13-16H2,1-4H3,(H2,23,24,25);1H. The summed E-state index contributed by atoms with van der Waals surface area (Å²) in [5, 5.41) is 15.6. The van der Waals surface area contributed by atoms with Gasteiger partial charge in [-0.05, 0) is 25.3 Å². The van der Waals surface area contributed by atoms with Crippen LogP contribution in [0.4, 0.5) is 0 Å². The number of halogens is 1. The highest BCUT2D eigenvalue weighted by atomic mass is 127. The smallest absolute Gasteiger partial charge is 0.191 e. The summed E-state index contributed by atoms with van der Waals surface area (Å²) in [5.74, 6) is 2.66. The summed E-state index contributed by atoms with van der Waals surface area (Å²) < 4.78 is 2.00. The quantitative estimate of drug-likeness (QED) is 0.349. The van der Waals surface area contributed by atoms with E-state index in [0.717, 1.165) is 24.2 Å². The van der Waals surface area contributed by atoms with Crippen molar-refractivity contribution < 1.29 is 0 Å². The molecule has 1 heterocycles. The number of benzene rings is 1. The minimum Gasteiger partial charge on any atom is -0.356 e. The first kappa shape index (κ1) is 23.6. The molecule has 0 unspecified atom stereocenters. The minimum atomic E-state index is 0. The van der Waals surface area contributed by atoms with E-state index < -0.39 is 0 Å². The van der Waals surface area contributed by atoms with Gasteiger partial charge in [-0.15, -0.1) is 34.2 Å². The second-order valence-corrected chi connectivity index (χ2v) is 8.47. The number of nitrogens with one attached hydrogen (secondary N) is 2. The van der Waals surface area contributed by atoms with Gasteiger partial charge in [0.05, 0.1) is 0 Å². The van der Waals surface area contributed by atoms with E-state index >= 15 is 0 Å². The molecule has 0 spiro atoms. The number of hydrogen-bond donors (Lipinski definition) is 2. The Morgan fingerprint density at radius 2 is 1.83 bits per heavy atom. The van der Waals surface area contributed by atoms with Gasteiger partial charge in [-0.3, -0.25) is 0 Å². The Labute approximate surface area is 192 Å². The van der Waals surface area contributed by atoms with Crippen molar-refractivity contribution in [1.82, 2.24) is 25.4 Å². The molecule has 160 valence electrons. The first-order valence-electron chi connectivity index (χ1n) is 10.4. The minimum absolute atomic E-state index is 0. The zero-order valence-electron chi connectivity index (χ0n) is 18.1. The van der Waals surface area contributed by atoms with Gasteiger partial charge < -0.3 is 15.2 Å². The van der Waals surface area contributed by atoms with E-state index in [9.17, 15) is 0 Å². The molecule has 1 fully saturated rings. The van der Waals surface area contributed by atoms with Gasteiger partial charge >= 0.3 is 0 Å². The molecule has 1 aliphatic rings. The summed E-state index contributed by atoms with van der Waals surface area (Å²) >= 11 is 0. The molecule has 0 amide bonds. The third-order valence-electron chi connectivity index (χ3n) is 5.76. The van der Waals surface area contributed by atoms with Gasteiger partial charge in [0.1, 0.15) is 12.4 Å². The van der Waals surface area contributed by atoms with Crippen molar-refractivity contribution in [1.29, 1.82) is 0 Å². The van der Waals surface area contributed by atoms with Crippen LogP contribution in [0.5, 0.6) is 0 Å². The summed E-state index contributed by atoms with van der Waals surface area (Å²) in [6.45, 7) is 7.82. The number of aliphatic imine (C=N–C) groups is 1. The lowest BCUT2D eigenvalue weighted by Gasteiger charge is -2.29. The van der Waals surface area contributed by atoms with E-state index in [1.165, 1.54) is 37.7 Å². The Hall–Kier alpha value is -1.64. The molecule has 2 N–H and O–H groups in total. The maximum Gasteiger partial charge on any atom is 0.191 e. The average molecular weight is 510 g/mol. The molecule has 0 radical (unpaired) electrons. The molecule has 2 aromatic rings. The molecule has 0 saturated heterocycles. The highest BCUT2D eigenvalue weighted by Crippen LogP contribution is 2.22. The number of nitrogens with zero attached hydrogens (tertiary/aromatic N) is 4. The average Bonchev–Trinajstić information content (AvgIpc) is 3.03. The monoisotopic (exact) mass is 510 g/mol. The SMILES string of the molecule is Cc1nnc(CN=C(NCC(C)(C)c2ccccc2)NC2CCCCC2)n1C.I. The number of aryl methyl sites for hydroxylation is 1. The normalized spacial score (nSPS) is 15.7. The maximum absolute atomic E-state index is 4.83. The van der Waals surface area contributed by atoms with Crippen LogP contribution in [0.1, 0.15) is 63.2 Å². The van der Waals surface area contributed by atoms with Crippen molar-refractivity contribution in [3.63, 3.8) is 0 Å². The molecular formula is C22H35IN6. The predicted molar refractivity (Wildman–Crippen MR) is 130 cm³/mol. The van der Waals surface area contributed by atoms with Crippen molar-refractivity contribution >= 4 is 29.9 Å². The van der Waals surface area contributed by atoms with Gasteiger partial charge in [0.2, 0.25) is 0 Å². The van der Waals surface area contributed by atoms with E-state index in [-0.39, 0.29) is 29.4 Å². The second kappa shape index (κ2) is 10.9.